The van der Waals surface area contributed by atoms with Gasteiger partial charge in [-0.2, -0.15) is 0 Å². The summed E-state index contributed by atoms with van der Waals surface area (Å²) < 4.78 is 1.04. The number of carbonyl (C=O) groups is 1. The maximum Gasteiger partial charge on any atom is 0.192 e. The molecule has 1 rings (SSSR count). The number of carbonyl (C=O) groups excluding carboxylic acids is 1. The lowest BCUT2D eigenvalue weighted by atomic mass is 10.1. The zero-order valence-corrected chi connectivity index (χ0v) is 11.6. The van der Waals surface area contributed by atoms with Crippen LogP contribution in [0.5, 0.6) is 0 Å². The molecule has 0 unspecified atom stereocenters. The molecule has 0 fully saturated rings. The molecule has 0 bridgehead atoms. The number of nitrogens with zero attached hydrogens (tertiary/aromatic N) is 1. The van der Waals surface area contributed by atoms with E-state index in [1.54, 1.807) is 0 Å². The van der Waals surface area contributed by atoms with Crippen molar-refractivity contribution in [2.75, 3.05) is 21.1 Å². The van der Waals surface area contributed by atoms with Crippen LogP contribution in [0.3, 0.4) is 0 Å². The number of benzene rings is 1. The van der Waals surface area contributed by atoms with Gasteiger partial charge < -0.3 is 0 Å². The Hall–Kier alpha value is -0.420. The zero-order chi connectivity index (χ0) is 11.5. The van der Waals surface area contributed by atoms with Crippen molar-refractivity contribution in [3.8, 4) is 0 Å². The normalized spacial score (nSPS) is 11.5. The largest absolute Gasteiger partial charge is 0.298 e. The molecule has 0 saturated heterocycles. The molecule has 0 aliphatic carbocycles. The van der Waals surface area contributed by atoms with Gasteiger partial charge in [-0.05, 0) is 40.6 Å². The van der Waals surface area contributed by atoms with E-state index >= 15 is 0 Å². The van der Waals surface area contributed by atoms with E-state index in [2.05, 4.69) is 45.4 Å². The summed E-state index contributed by atoms with van der Waals surface area (Å²) in [5, 5.41) is 0. The fraction of sp³-hybridized carbons (Fsp3) is 0.417. The number of hydrogen-bond donors (Lipinski definition) is 0. The Kier molecular flexibility index (Phi) is 4.28. The lowest BCUT2D eigenvalue weighted by molar-refractivity contribution is -0.109. The Bertz CT molecular complexity index is 355. The van der Waals surface area contributed by atoms with Crippen LogP contribution in [-0.4, -0.2) is 24.9 Å². The molecule has 2 nitrogen and oxygen atoms in total. The molecule has 1 aromatic carbocycles. The summed E-state index contributed by atoms with van der Waals surface area (Å²) in [6.07, 6.45) is 1.47. The lowest BCUT2D eigenvalue weighted by Crippen LogP contribution is -2.34. The Morgan fingerprint density at radius 1 is 1.33 bits per heavy atom. The third kappa shape index (κ3) is 4.30. The van der Waals surface area contributed by atoms with Crippen LogP contribution in [0.4, 0.5) is 5.69 Å². The minimum Gasteiger partial charge on any atom is -0.298 e. The number of hydrogen-bond acceptors (Lipinski definition) is 1. The molecule has 0 amide bonds. The van der Waals surface area contributed by atoms with E-state index in [9.17, 15) is 4.79 Å². The van der Waals surface area contributed by atoms with Crippen LogP contribution in [0.2, 0.25) is 0 Å². The molecule has 0 radical (unpaired) electrons. The summed E-state index contributed by atoms with van der Waals surface area (Å²) in [7, 11) is 6.42. The molecule has 0 aliphatic rings. The fourth-order valence-electron chi connectivity index (χ4n) is 1.37. The van der Waals surface area contributed by atoms with E-state index in [0.717, 1.165) is 10.9 Å². The van der Waals surface area contributed by atoms with E-state index in [4.69, 9.17) is 0 Å². The van der Waals surface area contributed by atoms with E-state index in [1.807, 2.05) is 22.6 Å². The van der Waals surface area contributed by atoms with Gasteiger partial charge >= 0.3 is 0 Å². The van der Waals surface area contributed by atoms with Gasteiger partial charge in [0, 0.05) is 12.5 Å². The number of rotatable bonds is 4. The smallest absolute Gasteiger partial charge is 0.192 e. The van der Waals surface area contributed by atoms with Crippen molar-refractivity contribution in [1.29, 1.82) is 0 Å². The number of quaternary nitrogens is 1. The summed E-state index contributed by atoms with van der Waals surface area (Å²) in [5.41, 5.74) is 2.51. The third-order valence-electron chi connectivity index (χ3n) is 2.30. The van der Waals surface area contributed by atoms with Crippen LogP contribution < -0.4 is 4.48 Å². The average molecular weight is 318 g/mol. The second-order valence-corrected chi connectivity index (χ2v) is 5.74. The van der Waals surface area contributed by atoms with Crippen LogP contribution in [0.1, 0.15) is 12.0 Å². The standard InChI is InChI=1S/C12H17INO/c1-14(2,3)11-6-4-5-10(9-11)7-8-12(13)15/h4-6,9H,7-8H2,1-3H3/q+1. The molecular formula is C12H17INO+. The third-order valence-corrected chi connectivity index (χ3v) is 2.83. The number of halogens is 1. The first-order valence-electron chi connectivity index (χ1n) is 4.99. The Balaban J connectivity index is 2.79. The summed E-state index contributed by atoms with van der Waals surface area (Å²) in [4.78, 5) is 10.9. The van der Waals surface area contributed by atoms with Crippen molar-refractivity contribution in [2.45, 2.75) is 12.8 Å². The van der Waals surface area contributed by atoms with Crippen molar-refractivity contribution >= 4 is 32.1 Å². The highest BCUT2D eigenvalue weighted by atomic mass is 127. The molecule has 82 valence electrons. The van der Waals surface area contributed by atoms with Gasteiger partial charge in [0.05, 0.1) is 21.1 Å². The quantitative estimate of drug-likeness (QED) is 0.474. The highest BCUT2D eigenvalue weighted by Crippen LogP contribution is 2.19. The second kappa shape index (κ2) is 5.07. The predicted molar refractivity (Wildman–Crippen MR) is 73.4 cm³/mol. The molecule has 0 atom stereocenters. The number of aryl methyl sites for hydroxylation is 1. The molecule has 0 N–H and O–H groups in total. The maximum absolute atomic E-state index is 10.9. The van der Waals surface area contributed by atoms with Crippen LogP contribution in [-0.2, 0) is 11.2 Å². The van der Waals surface area contributed by atoms with Gasteiger partial charge in [-0.15, -0.1) is 0 Å². The van der Waals surface area contributed by atoms with Gasteiger partial charge in [0.1, 0.15) is 5.69 Å². The van der Waals surface area contributed by atoms with Crippen LogP contribution in [0.25, 0.3) is 0 Å². The average Bonchev–Trinajstić information content (AvgIpc) is 2.14. The van der Waals surface area contributed by atoms with Crippen LogP contribution in [0, 0.1) is 0 Å². The first-order valence-corrected chi connectivity index (χ1v) is 6.07. The van der Waals surface area contributed by atoms with Gasteiger partial charge in [0.15, 0.2) is 3.79 Å². The first-order chi connectivity index (χ1) is 6.89. The molecule has 0 spiro atoms. The Morgan fingerprint density at radius 3 is 2.53 bits per heavy atom. The Morgan fingerprint density at radius 2 is 2.00 bits per heavy atom. The summed E-state index contributed by atoms with van der Waals surface area (Å²) >= 11 is 1.85. The lowest BCUT2D eigenvalue weighted by Gasteiger charge is -2.23. The summed E-state index contributed by atoms with van der Waals surface area (Å²) in [5.74, 6) is 0. The second-order valence-electron chi connectivity index (χ2n) is 4.54. The van der Waals surface area contributed by atoms with Gasteiger partial charge in [-0.1, -0.05) is 12.1 Å². The highest BCUT2D eigenvalue weighted by Gasteiger charge is 2.11. The molecule has 0 heterocycles. The van der Waals surface area contributed by atoms with Crippen LogP contribution in [0.15, 0.2) is 24.3 Å². The van der Waals surface area contributed by atoms with E-state index in [0.29, 0.717) is 6.42 Å². The van der Waals surface area contributed by atoms with Crippen molar-refractivity contribution in [2.24, 2.45) is 0 Å². The zero-order valence-electron chi connectivity index (χ0n) is 9.46. The van der Waals surface area contributed by atoms with Gasteiger partial charge in [-0.3, -0.25) is 9.28 Å². The monoisotopic (exact) mass is 318 g/mol. The van der Waals surface area contributed by atoms with Gasteiger partial charge in [0.25, 0.3) is 0 Å². The minimum absolute atomic E-state index is 0.225. The van der Waals surface area contributed by atoms with Crippen molar-refractivity contribution in [1.82, 2.24) is 4.48 Å². The predicted octanol–water partition coefficient (Wildman–Crippen LogP) is 2.78. The van der Waals surface area contributed by atoms with Crippen LogP contribution >= 0.6 is 22.6 Å². The Labute approximate surface area is 105 Å². The van der Waals surface area contributed by atoms with Crippen molar-refractivity contribution in [3.05, 3.63) is 29.8 Å². The molecule has 0 aliphatic heterocycles. The molecule has 0 aromatic heterocycles. The van der Waals surface area contributed by atoms with E-state index in [-0.39, 0.29) is 3.79 Å². The molecule has 1 aromatic rings. The topological polar surface area (TPSA) is 17.1 Å². The SMILES string of the molecule is C[N+](C)(C)c1cccc(CCC(=O)I)c1. The molecule has 0 saturated carbocycles. The minimum atomic E-state index is 0.225. The summed E-state index contributed by atoms with van der Waals surface area (Å²) in [6, 6.07) is 8.44. The van der Waals surface area contributed by atoms with Gasteiger partial charge in [0.2, 0.25) is 0 Å². The summed E-state index contributed by atoms with van der Waals surface area (Å²) in [6.45, 7) is 0. The van der Waals surface area contributed by atoms with E-state index in [1.165, 1.54) is 11.3 Å². The van der Waals surface area contributed by atoms with E-state index < -0.39 is 0 Å². The molecule has 15 heavy (non-hydrogen) atoms. The van der Waals surface area contributed by atoms with Gasteiger partial charge in [-0.25, -0.2) is 0 Å². The van der Waals surface area contributed by atoms with Crippen molar-refractivity contribution in [3.63, 3.8) is 0 Å². The highest BCUT2D eigenvalue weighted by molar-refractivity contribution is 14.1. The maximum atomic E-state index is 10.9. The molecule has 3 heteroatoms. The molecular weight excluding hydrogens is 301 g/mol. The van der Waals surface area contributed by atoms with Crippen molar-refractivity contribution < 1.29 is 4.79 Å². The fourth-order valence-corrected chi connectivity index (χ4v) is 1.64. The first kappa shape index (κ1) is 12.6.